The average Bonchev–Trinajstić information content (AvgIpc) is 3.10. The van der Waals surface area contributed by atoms with Crippen molar-refractivity contribution in [2.24, 2.45) is 0 Å². The number of hydrogen-bond acceptors (Lipinski definition) is 4. The molecule has 0 bridgehead atoms. The highest BCUT2D eigenvalue weighted by Gasteiger charge is 2.26. The minimum Gasteiger partial charge on any atom is -0.454 e. The highest BCUT2D eigenvalue weighted by molar-refractivity contribution is 5.66. The molecule has 0 radical (unpaired) electrons. The Labute approximate surface area is 149 Å². The van der Waals surface area contributed by atoms with Crippen LogP contribution in [-0.2, 0) is 6.54 Å². The molecule has 2 aliphatic rings. The summed E-state index contributed by atoms with van der Waals surface area (Å²) in [7, 11) is 0. The molecule has 6 nitrogen and oxygen atoms in total. The molecule has 26 heavy (non-hydrogen) atoms. The quantitative estimate of drug-likeness (QED) is 0.674. The number of halogens is 1. The monoisotopic (exact) mass is 357 g/mol. The molecule has 134 valence electrons. The van der Waals surface area contributed by atoms with Crippen LogP contribution >= 0.6 is 0 Å². The van der Waals surface area contributed by atoms with E-state index in [2.05, 4.69) is 6.08 Å². The number of hydrogen-bond donors (Lipinski definition) is 1. The Morgan fingerprint density at radius 3 is 2.54 bits per heavy atom. The van der Waals surface area contributed by atoms with Gasteiger partial charge in [-0.15, -0.1) is 0 Å². The number of nitro benzene ring substituents is 1. The van der Waals surface area contributed by atoms with Gasteiger partial charge in [-0.3, -0.25) is 10.1 Å². The summed E-state index contributed by atoms with van der Waals surface area (Å²) in [6, 6.07) is 9.66. The molecule has 0 saturated heterocycles. The van der Waals surface area contributed by atoms with E-state index < -0.39 is 0 Å². The highest BCUT2D eigenvalue weighted by Crippen LogP contribution is 2.37. The first kappa shape index (κ1) is 16.5. The lowest BCUT2D eigenvalue weighted by molar-refractivity contribution is -0.909. The summed E-state index contributed by atoms with van der Waals surface area (Å²) < 4.78 is 23.6. The van der Waals surface area contributed by atoms with Gasteiger partial charge in [0.1, 0.15) is 12.4 Å². The second kappa shape index (κ2) is 6.76. The standard InChI is InChI=1S/C19H17FN2O4/c20-16-3-1-13(2-4-16)14-5-7-21(8-6-14)11-15-9-18-19(26-12-25-18)10-17(15)22(23)24/h1-5,9-10H,6-8,11-12H2/p+1. The van der Waals surface area contributed by atoms with Crippen molar-refractivity contribution in [1.82, 2.24) is 0 Å². The summed E-state index contributed by atoms with van der Waals surface area (Å²) in [5.74, 6) is 0.740. The van der Waals surface area contributed by atoms with Crippen LogP contribution < -0.4 is 14.4 Å². The fraction of sp³-hybridized carbons (Fsp3) is 0.263. The summed E-state index contributed by atoms with van der Waals surface area (Å²) in [6.07, 6.45) is 2.98. The smallest absolute Gasteiger partial charge is 0.282 e. The summed E-state index contributed by atoms with van der Waals surface area (Å²) in [5, 5.41) is 11.4. The van der Waals surface area contributed by atoms with Crippen LogP contribution in [0, 0.1) is 15.9 Å². The first-order valence-electron chi connectivity index (χ1n) is 8.45. The number of fused-ring (bicyclic) bond motifs is 1. The Kier molecular flexibility index (Phi) is 4.30. The lowest BCUT2D eigenvalue weighted by Gasteiger charge is -2.24. The molecule has 0 aliphatic carbocycles. The average molecular weight is 357 g/mol. The fourth-order valence-electron chi connectivity index (χ4n) is 3.42. The molecule has 2 aromatic rings. The number of nitro groups is 1. The fourth-order valence-corrected chi connectivity index (χ4v) is 3.42. The molecule has 0 spiro atoms. The molecule has 2 aromatic carbocycles. The molecular formula is C19H18FN2O4+. The zero-order chi connectivity index (χ0) is 18.1. The van der Waals surface area contributed by atoms with Crippen LogP contribution in [0.5, 0.6) is 11.5 Å². The number of nitrogens with zero attached hydrogens (tertiary/aromatic N) is 1. The van der Waals surface area contributed by atoms with Crippen molar-refractivity contribution in [2.75, 3.05) is 19.9 Å². The van der Waals surface area contributed by atoms with Crippen molar-refractivity contribution >= 4 is 11.3 Å². The third kappa shape index (κ3) is 3.25. The SMILES string of the molecule is O=[N+]([O-])c1cc2c(cc1C[NH+]1CC=C(c3ccc(F)cc3)CC1)OCO2. The summed E-state index contributed by atoms with van der Waals surface area (Å²) in [6.45, 7) is 2.25. The van der Waals surface area contributed by atoms with Crippen molar-refractivity contribution in [3.8, 4) is 11.5 Å². The van der Waals surface area contributed by atoms with E-state index >= 15 is 0 Å². The van der Waals surface area contributed by atoms with Crippen molar-refractivity contribution in [3.05, 3.63) is 69.5 Å². The minimum atomic E-state index is -0.375. The third-order valence-electron chi connectivity index (χ3n) is 4.81. The van der Waals surface area contributed by atoms with E-state index in [1.54, 1.807) is 18.2 Å². The molecule has 1 N–H and O–H groups in total. The van der Waals surface area contributed by atoms with Gasteiger partial charge >= 0.3 is 0 Å². The second-order valence-electron chi connectivity index (χ2n) is 6.46. The maximum atomic E-state index is 13.1. The first-order valence-corrected chi connectivity index (χ1v) is 8.45. The van der Waals surface area contributed by atoms with Crippen LogP contribution in [0.1, 0.15) is 17.5 Å². The van der Waals surface area contributed by atoms with E-state index in [1.807, 2.05) is 0 Å². The maximum absolute atomic E-state index is 13.1. The molecule has 2 aliphatic heterocycles. The van der Waals surface area contributed by atoms with Gasteiger partial charge in [-0.25, -0.2) is 4.39 Å². The topological polar surface area (TPSA) is 66.0 Å². The van der Waals surface area contributed by atoms with Crippen LogP contribution in [0.4, 0.5) is 10.1 Å². The van der Waals surface area contributed by atoms with E-state index in [0.29, 0.717) is 23.6 Å². The van der Waals surface area contributed by atoms with Gasteiger partial charge in [-0.05, 0) is 35.4 Å². The van der Waals surface area contributed by atoms with Gasteiger partial charge < -0.3 is 14.4 Å². The van der Waals surface area contributed by atoms with Crippen molar-refractivity contribution in [2.45, 2.75) is 13.0 Å². The zero-order valence-corrected chi connectivity index (χ0v) is 14.0. The van der Waals surface area contributed by atoms with Crippen molar-refractivity contribution in [3.63, 3.8) is 0 Å². The first-order chi connectivity index (χ1) is 12.6. The van der Waals surface area contributed by atoms with Crippen LogP contribution in [0.25, 0.3) is 5.57 Å². The Bertz CT molecular complexity index is 880. The lowest BCUT2D eigenvalue weighted by atomic mass is 9.99. The van der Waals surface area contributed by atoms with Crippen LogP contribution in [-0.4, -0.2) is 24.8 Å². The molecule has 4 rings (SSSR count). The molecule has 2 heterocycles. The molecule has 7 heteroatoms. The van der Waals surface area contributed by atoms with Gasteiger partial charge in [0.2, 0.25) is 6.79 Å². The number of quaternary nitrogens is 1. The molecule has 0 amide bonds. The number of nitrogens with one attached hydrogen (secondary N) is 1. The lowest BCUT2D eigenvalue weighted by Crippen LogP contribution is -3.11. The highest BCUT2D eigenvalue weighted by atomic mass is 19.1. The number of rotatable bonds is 4. The maximum Gasteiger partial charge on any atom is 0.282 e. The Hall–Kier alpha value is -2.93. The van der Waals surface area contributed by atoms with Gasteiger partial charge in [0, 0.05) is 6.42 Å². The second-order valence-corrected chi connectivity index (χ2v) is 6.46. The Morgan fingerprint density at radius 1 is 1.15 bits per heavy atom. The Balaban J connectivity index is 1.51. The van der Waals surface area contributed by atoms with E-state index in [-0.39, 0.29) is 23.2 Å². The largest absolute Gasteiger partial charge is 0.454 e. The predicted molar refractivity (Wildman–Crippen MR) is 92.6 cm³/mol. The predicted octanol–water partition coefficient (Wildman–Crippen LogP) is 2.33. The van der Waals surface area contributed by atoms with Gasteiger partial charge in [0.15, 0.2) is 11.5 Å². The summed E-state index contributed by atoms with van der Waals surface area (Å²) >= 11 is 0. The summed E-state index contributed by atoms with van der Waals surface area (Å²) in [4.78, 5) is 12.2. The molecule has 0 saturated carbocycles. The molecule has 0 fully saturated rings. The normalized spacial score (nSPS) is 18.5. The van der Waals surface area contributed by atoms with Crippen molar-refractivity contribution in [1.29, 1.82) is 0 Å². The van der Waals surface area contributed by atoms with E-state index in [9.17, 15) is 14.5 Å². The number of ether oxygens (including phenoxy) is 2. The molecule has 1 unspecified atom stereocenters. The van der Waals surface area contributed by atoms with Gasteiger partial charge in [0.05, 0.1) is 29.6 Å². The van der Waals surface area contributed by atoms with E-state index in [0.717, 1.165) is 25.1 Å². The zero-order valence-electron chi connectivity index (χ0n) is 14.0. The van der Waals surface area contributed by atoms with Gasteiger partial charge in [0.25, 0.3) is 5.69 Å². The molecule has 0 aromatic heterocycles. The van der Waals surface area contributed by atoms with Crippen LogP contribution in [0.2, 0.25) is 0 Å². The third-order valence-corrected chi connectivity index (χ3v) is 4.81. The summed E-state index contributed by atoms with van der Waals surface area (Å²) in [5.41, 5.74) is 2.93. The molecular weight excluding hydrogens is 339 g/mol. The van der Waals surface area contributed by atoms with Crippen LogP contribution in [0.15, 0.2) is 42.5 Å². The van der Waals surface area contributed by atoms with Gasteiger partial charge in [-0.1, -0.05) is 12.1 Å². The number of benzene rings is 2. The van der Waals surface area contributed by atoms with Gasteiger partial charge in [-0.2, -0.15) is 0 Å². The van der Waals surface area contributed by atoms with E-state index in [4.69, 9.17) is 9.47 Å². The minimum absolute atomic E-state index is 0.0649. The Morgan fingerprint density at radius 2 is 1.88 bits per heavy atom. The van der Waals surface area contributed by atoms with Crippen LogP contribution in [0.3, 0.4) is 0 Å². The van der Waals surface area contributed by atoms with E-state index in [1.165, 1.54) is 28.7 Å². The molecule has 1 atom stereocenters. The van der Waals surface area contributed by atoms with Crippen molar-refractivity contribution < 1.29 is 23.7 Å².